The molecule has 0 aliphatic heterocycles. The van der Waals surface area contributed by atoms with Crippen molar-refractivity contribution >= 4 is 25.8 Å². The minimum absolute atomic E-state index is 0.0177. The Labute approximate surface area is 108 Å². The van der Waals surface area contributed by atoms with Crippen molar-refractivity contribution in [2.24, 2.45) is 0 Å². The molecule has 0 radical (unpaired) electrons. The summed E-state index contributed by atoms with van der Waals surface area (Å²) in [5, 5.41) is 0.200. The van der Waals surface area contributed by atoms with Crippen LogP contribution < -0.4 is 0 Å². The zero-order valence-corrected chi connectivity index (χ0v) is 12.1. The van der Waals surface area contributed by atoms with Gasteiger partial charge < -0.3 is 0 Å². The minimum Gasteiger partial charge on any atom is -0.228 e. The molecule has 0 fully saturated rings. The normalized spacial score (nSPS) is 12.8. The molecule has 0 unspecified atom stereocenters. The summed E-state index contributed by atoms with van der Waals surface area (Å²) in [4.78, 5) is 0. The molecular weight excluding hydrogens is 314 g/mol. The predicted molar refractivity (Wildman–Crippen MR) is 66.9 cm³/mol. The van der Waals surface area contributed by atoms with Crippen molar-refractivity contribution in [2.75, 3.05) is 6.26 Å². The van der Waals surface area contributed by atoms with E-state index in [0.717, 1.165) is 12.3 Å². The van der Waals surface area contributed by atoms with Gasteiger partial charge in [-0.25, -0.2) is 17.2 Å². The number of hydrogen-bond donors (Lipinski definition) is 0. The molecule has 0 aliphatic rings. The van der Waals surface area contributed by atoms with Gasteiger partial charge in [0.1, 0.15) is 11.6 Å². The lowest BCUT2D eigenvalue weighted by Crippen LogP contribution is -2.29. The monoisotopic (exact) mass is 326 g/mol. The molecule has 6 heteroatoms. The van der Waals surface area contributed by atoms with E-state index in [1.165, 1.54) is 19.9 Å². The second-order valence-corrected chi connectivity index (χ2v) is 7.47. The summed E-state index contributed by atoms with van der Waals surface area (Å²) in [7, 11) is -3.49. The lowest BCUT2D eigenvalue weighted by Gasteiger charge is -2.24. The maximum atomic E-state index is 13.7. The van der Waals surface area contributed by atoms with Crippen LogP contribution in [0.4, 0.5) is 8.78 Å². The van der Waals surface area contributed by atoms with Gasteiger partial charge in [-0.1, -0.05) is 15.9 Å². The van der Waals surface area contributed by atoms with Gasteiger partial charge in [-0.2, -0.15) is 0 Å². The highest BCUT2D eigenvalue weighted by Gasteiger charge is 2.35. The van der Waals surface area contributed by atoms with Gasteiger partial charge in [-0.3, -0.25) is 0 Å². The van der Waals surface area contributed by atoms with E-state index < -0.39 is 26.2 Å². The molecule has 0 bridgehead atoms. The van der Waals surface area contributed by atoms with Crippen molar-refractivity contribution in [2.45, 2.75) is 23.9 Å². The van der Waals surface area contributed by atoms with E-state index in [0.29, 0.717) is 0 Å². The molecule has 0 N–H and O–H groups in total. The Kier molecular flexibility index (Phi) is 3.98. The first kappa shape index (κ1) is 14.6. The van der Waals surface area contributed by atoms with Crippen molar-refractivity contribution in [1.82, 2.24) is 0 Å². The summed E-state index contributed by atoms with van der Waals surface area (Å²) in [6.07, 6.45) is 1.03. The molecule has 0 aromatic heterocycles. The highest BCUT2D eigenvalue weighted by atomic mass is 79.9. The smallest absolute Gasteiger partial charge is 0.156 e. The highest BCUT2D eigenvalue weighted by molar-refractivity contribution is 9.08. The second-order valence-electron chi connectivity index (χ2n) is 4.34. The van der Waals surface area contributed by atoms with E-state index in [4.69, 9.17) is 0 Å². The summed E-state index contributed by atoms with van der Waals surface area (Å²) in [5.74, 6) is -1.53. The molecule has 0 saturated heterocycles. The van der Waals surface area contributed by atoms with Crippen LogP contribution in [0.3, 0.4) is 0 Å². The molecule has 1 rings (SSSR count). The van der Waals surface area contributed by atoms with E-state index in [1.54, 1.807) is 0 Å². The van der Waals surface area contributed by atoms with E-state index in [2.05, 4.69) is 15.9 Å². The third kappa shape index (κ3) is 2.68. The van der Waals surface area contributed by atoms with Crippen molar-refractivity contribution in [3.05, 3.63) is 34.9 Å². The average molecular weight is 327 g/mol. The molecule has 0 aliphatic carbocycles. The molecular formula is C11H13BrF2O2S. The fourth-order valence-corrected chi connectivity index (χ4v) is 2.34. The Hall–Kier alpha value is -0.490. The number of halogens is 3. The predicted octanol–water partition coefficient (Wildman–Crippen LogP) is 3.14. The molecule has 1 aromatic rings. The van der Waals surface area contributed by atoms with Crippen molar-refractivity contribution in [3.63, 3.8) is 0 Å². The Bertz CT molecular complexity index is 539. The van der Waals surface area contributed by atoms with E-state index in [1.807, 2.05) is 0 Å². The summed E-state index contributed by atoms with van der Waals surface area (Å²) in [6, 6.07) is 1.97. The number of sulfone groups is 1. The van der Waals surface area contributed by atoms with E-state index >= 15 is 0 Å². The molecule has 2 nitrogen and oxygen atoms in total. The average Bonchev–Trinajstić information content (AvgIpc) is 2.15. The summed E-state index contributed by atoms with van der Waals surface area (Å²) < 4.78 is 48.8. The molecule has 0 saturated carbocycles. The Morgan fingerprint density at radius 1 is 1.24 bits per heavy atom. The highest BCUT2D eigenvalue weighted by Crippen LogP contribution is 2.32. The maximum Gasteiger partial charge on any atom is 0.156 e. The van der Waals surface area contributed by atoms with Crippen molar-refractivity contribution in [1.29, 1.82) is 0 Å². The van der Waals surface area contributed by atoms with Crippen LogP contribution in [0.1, 0.15) is 25.0 Å². The van der Waals surface area contributed by atoms with Gasteiger partial charge in [0.25, 0.3) is 0 Å². The van der Waals surface area contributed by atoms with Crippen LogP contribution in [-0.4, -0.2) is 14.7 Å². The van der Waals surface area contributed by atoms with E-state index in [-0.39, 0.29) is 16.5 Å². The van der Waals surface area contributed by atoms with E-state index in [9.17, 15) is 17.2 Å². The van der Waals surface area contributed by atoms with Gasteiger partial charge in [0.15, 0.2) is 9.84 Å². The zero-order valence-electron chi connectivity index (χ0n) is 9.72. The third-order valence-corrected chi connectivity index (χ3v) is 5.53. The fourth-order valence-electron chi connectivity index (χ4n) is 1.36. The largest absolute Gasteiger partial charge is 0.228 e. The van der Waals surface area contributed by atoms with Gasteiger partial charge in [-0.05, 0) is 25.5 Å². The molecule has 96 valence electrons. The lowest BCUT2D eigenvalue weighted by molar-refractivity contribution is 0.526. The molecule has 0 atom stereocenters. The molecule has 0 spiro atoms. The topological polar surface area (TPSA) is 34.1 Å². The van der Waals surface area contributed by atoms with Gasteiger partial charge in [0, 0.05) is 23.2 Å². The maximum absolute atomic E-state index is 13.7. The number of rotatable bonds is 3. The lowest BCUT2D eigenvalue weighted by atomic mass is 9.99. The van der Waals surface area contributed by atoms with Crippen LogP contribution in [-0.2, 0) is 19.9 Å². The van der Waals surface area contributed by atoms with Crippen molar-refractivity contribution in [3.8, 4) is 0 Å². The summed E-state index contributed by atoms with van der Waals surface area (Å²) >= 11 is 3.07. The molecule has 17 heavy (non-hydrogen) atoms. The van der Waals surface area contributed by atoms with Crippen LogP contribution in [0.2, 0.25) is 0 Å². The van der Waals surface area contributed by atoms with Crippen LogP contribution in [0.15, 0.2) is 12.1 Å². The van der Waals surface area contributed by atoms with Gasteiger partial charge in [0.05, 0.1) is 4.75 Å². The van der Waals surface area contributed by atoms with Gasteiger partial charge >= 0.3 is 0 Å². The van der Waals surface area contributed by atoms with Crippen molar-refractivity contribution < 1.29 is 17.2 Å². The molecule has 0 heterocycles. The first-order valence-corrected chi connectivity index (χ1v) is 7.86. The standard InChI is InChI=1S/C11H13BrF2O2S/c1-11(2,17(3,15)16)8-4-7(6-12)9(13)5-10(8)14/h4-5H,6H2,1-3H3. The van der Waals surface area contributed by atoms with Gasteiger partial charge in [0.2, 0.25) is 0 Å². The molecule has 1 aromatic carbocycles. The SMILES string of the molecule is CC(C)(c1cc(CBr)c(F)cc1F)S(C)(=O)=O. The number of hydrogen-bond acceptors (Lipinski definition) is 2. The Morgan fingerprint density at radius 2 is 1.76 bits per heavy atom. The van der Waals surface area contributed by atoms with Crippen LogP contribution in [0, 0.1) is 11.6 Å². The number of benzene rings is 1. The first-order valence-electron chi connectivity index (χ1n) is 4.85. The minimum atomic E-state index is -3.49. The van der Waals surface area contributed by atoms with Crippen LogP contribution in [0.25, 0.3) is 0 Å². The summed E-state index contributed by atoms with van der Waals surface area (Å²) in [5.41, 5.74) is 0.217. The molecule has 0 amide bonds. The zero-order chi connectivity index (χ0) is 13.4. The number of alkyl halides is 1. The van der Waals surface area contributed by atoms with Crippen LogP contribution in [0.5, 0.6) is 0 Å². The first-order chi connectivity index (χ1) is 7.61. The second kappa shape index (κ2) is 4.65. The van der Waals surface area contributed by atoms with Crippen LogP contribution >= 0.6 is 15.9 Å². The summed E-state index contributed by atoms with van der Waals surface area (Å²) in [6.45, 7) is 2.80. The Morgan fingerprint density at radius 3 is 2.18 bits per heavy atom. The quantitative estimate of drug-likeness (QED) is 0.800. The Balaban J connectivity index is 3.52. The van der Waals surface area contributed by atoms with Gasteiger partial charge in [-0.15, -0.1) is 0 Å². The third-order valence-electron chi connectivity index (χ3n) is 2.86. The fraction of sp³-hybridized carbons (Fsp3) is 0.455.